The Morgan fingerprint density at radius 1 is 1.27 bits per heavy atom. The molecule has 0 bridgehead atoms. The van der Waals surface area contributed by atoms with E-state index in [2.05, 4.69) is 55.9 Å². The van der Waals surface area contributed by atoms with Gasteiger partial charge in [0, 0.05) is 5.57 Å². The summed E-state index contributed by atoms with van der Waals surface area (Å²) in [4.78, 5) is 4.40. The fourth-order valence-corrected chi connectivity index (χ4v) is 1.27. The number of allylic oxidation sites excluding steroid dienone is 1. The molecule has 0 aromatic heterocycles. The molecule has 1 unspecified atom stereocenters. The molecule has 80 valence electrons. The van der Waals surface area contributed by atoms with Gasteiger partial charge >= 0.3 is 0 Å². The molecule has 1 rings (SSSR count). The molecule has 0 aliphatic heterocycles. The predicted octanol–water partition coefficient (Wildman–Crippen LogP) is 3.95. The maximum absolute atomic E-state index is 4.40. The fourth-order valence-electron chi connectivity index (χ4n) is 1.27. The van der Waals surface area contributed by atoms with Crippen LogP contribution in [0.15, 0.2) is 35.3 Å². The normalized spacial score (nSPS) is 11.7. The minimum Gasteiger partial charge on any atom is -0.240 e. The van der Waals surface area contributed by atoms with Crippen molar-refractivity contribution in [2.75, 3.05) is 0 Å². The standard InChI is InChI=1S/C14H19N/c1-4-12(3)15-11-13(5-2)14-9-7-6-8-10-14/h6-10,12H,4-5H2,1-3H3. The second-order valence-corrected chi connectivity index (χ2v) is 3.70. The highest BCUT2D eigenvalue weighted by atomic mass is 14.7. The average molecular weight is 201 g/mol. The summed E-state index contributed by atoms with van der Waals surface area (Å²) in [6.07, 6.45) is 2.04. The minimum atomic E-state index is 0.371. The first-order valence-electron chi connectivity index (χ1n) is 5.65. The summed E-state index contributed by atoms with van der Waals surface area (Å²) in [6, 6.07) is 10.7. The molecule has 0 saturated heterocycles. The molecule has 1 nitrogen and oxygen atoms in total. The molecule has 1 aromatic carbocycles. The third kappa shape index (κ3) is 3.73. The molecule has 0 radical (unpaired) electrons. The molecule has 15 heavy (non-hydrogen) atoms. The van der Waals surface area contributed by atoms with Gasteiger partial charge in [-0.2, -0.15) is 0 Å². The van der Waals surface area contributed by atoms with Gasteiger partial charge < -0.3 is 0 Å². The van der Waals surface area contributed by atoms with Crippen LogP contribution < -0.4 is 0 Å². The van der Waals surface area contributed by atoms with Crippen LogP contribution in [0, 0.1) is 0 Å². The number of rotatable bonds is 4. The Kier molecular flexibility index (Phi) is 4.86. The lowest BCUT2D eigenvalue weighted by molar-refractivity contribution is 0.721. The summed E-state index contributed by atoms with van der Waals surface area (Å²) in [5.74, 6) is 3.18. The molecule has 0 saturated carbocycles. The summed E-state index contributed by atoms with van der Waals surface area (Å²) in [5, 5.41) is 0. The fraction of sp³-hybridized carbons (Fsp3) is 0.429. The molecular weight excluding hydrogens is 182 g/mol. The van der Waals surface area contributed by atoms with Crippen molar-refractivity contribution in [1.29, 1.82) is 0 Å². The van der Waals surface area contributed by atoms with E-state index in [0.717, 1.165) is 12.8 Å². The molecule has 0 spiro atoms. The Balaban J connectivity index is 2.94. The Bertz CT molecular complexity index is 345. The molecule has 1 aromatic rings. The Hall–Kier alpha value is -1.33. The number of nitrogens with zero attached hydrogens (tertiary/aromatic N) is 1. The van der Waals surface area contributed by atoms with E-state index in [1.165, 1.54) is 11.1 Å². The summed E-state index contributed by atoms with van der Waals surface area (Å²) < 4.78 is 0. The monoisotopic (exact) mass is 201 g/mol. The van der Waals surface area contributed by atoms with Crippen LogP contribution in [0.5, 0.6) is 0 Å². The summed E-state index contributed by atoms with van der Waals surface area (Å²) >= 11 is 0. The molecule has 0 N–H and O–H groups in total. The molecule has 0 aliphatic carbocycles. The average Bonchev–Trinajstić information content (AvgIpc) is 2.31. The van der Waals surface area contributed by atoms with Crippen molar-refractivity contribution < 1.29 is 0 Å². The Morgan fingerprint density at radius 2 is 1.93 bits per heavy atom. The van der Waals surface area contributed by atoms with Gasteiger partial charge in [0.15, 0.2) is 0 Å². The van der Waals surface area contributed by atoms with Gasteiger partial charge in [0.1, 0.15) is 0 Å². The highest BCUT2D eigenvalue weighted by molar-refractivity contribution is 5.89. The lowest BCUT2D eigenvalue weighted by Crippen LogP contribution is -1.93. The first-order chi connectivity index (χ1) is 7.27. The van der Waals surface area contributed by atoms with E-state index < -0.39 is 0 Å². The van der Waals surface area contributed by atoms with Crippen LogP contribution in [0.3, 0.4) is 0 Å². The van der Waals surface area contributed by atoms with Gasteiger partial charge in [-0.05, 0) is 31.2 Å². The molecule has 0 fully saturated rings. The van der Waals surface area contributed by atoms with Crippen molar-refractivity contribution in [3.05, 3.63) is 35.9 Å². The Labute approximate surface area is 92.6 Å². The van der Waals surface area contributed by atoms with Crippen LogP contribution in [0.25, 0.3) is 5.57 Å². The zero-order valence-electron chi connectivity index (χ0n) is 9.83. The Morgan fingerprint density at radius 3 is 2.47 bits per heavy atom. The van der Waals surface area contributed by atoms with Gasteiger partial charge in [-0.25, -0.2) is 4.99 Å². The first kappa shape index (κ1) is 11.7. The maximum atomic E-state index is 4.40. The lowest BCUT2D eigenvalue weighted by Gasteiger charge is -2.01. The van der Waals surface area contributed by atoms with Crippen LogP contribution >= 0.6 is 0 Å². The molecular formula is C14H19N. The minimum absolute atomic E-state index is 0.371. The second kappa shape index (κ2) is 6.21. The van der Waals surface area contributed by atoms with Gasteiger partial charge in [0.2, 0.25) is 0 Å². The molecule has 1 atom stereocenters. The third-order valence-corrected chi connectivity index (χ3v) is 2.49. The quantitative estimate of drug-likeness (QED) is 0.654. The van der Waals surface area contributed by atoms with Gasteiger partial charge in [0.25, 0.3) is 0 Å². The zero-order valence-corrected chi connectivity index (χ0v) is 9.83. The second-order valence-electron chi connectivity index (χ2n) is 3.70. The molecule has 1 heteroatoms. The van der Waals surface area contributed by atoms with Crippen molar-refractivity contribution in [2.45, 2.75) is 39.7 Å². The van der Waals surface area contributed by atoms with Crippen molar-refractivity contribution in [2.24, 2.45) is 4.99 Å². The first-order valence-corrected chi connectivity index (χ1v) is 5.65. The van der Waals surface area contributed by atoms with E-state index in [9.17, 15) is 0 Å². The molecule has 0 aliphatic rings. The van der Waals surface area contributed by atoms with Crippen molar-refractivity contribution >= 4 is 11.4 Å². The van der Waals surface area contributed by atoms with Gasteiger partial charge in [-0.15, -0.1) is 0 Å². The van der Waals surface area contributed by atoms with Crippen LogP contribution in [-0.2, 0) is 0 Å². The van der Waals surface area contributed by atoms with Crippen LogP contribution in [0.1, 0.15) is 39.2 Å². The predicted molar refractivity (Wildman–Crippen MR) is 67.3 cm³/mol. The molecule has 0 amide bonds. The largest absolute Gasteiger partial charge is 0.240 e. The third-order valence-electron chi connectivity index (χ3n) is 2.49. The SMILES string of the molecule is CCC(=C=NC(C)CC)c1ccccc1. The van der Waals surface area contributed by atoms with Crippen molar-refractivity contribution in [3.63, 3.8) is 0 Å². The van der Waals surface area contributed by atoms with Crippen LogP contribution in [0.4, 0.5) is 0 Å². The highest BCUT2D eigenvalue weighted by Gasteiger charge is 1.97. The topological polar surface area (TPSA) is 12.4 Å². The number of aliphatic imine (C=N–C) groups is 1. The van der Waals surface area contributed by atoms with E-state index >= 15 is 0 Å². The molecule has 0 heterocycles. The van der Waals surface area contributed by atoms with E-state index in [0.29, 0.717) is 6.04 Å². The van der Waals surface area contributed by atoms with Gasteiger partial charge in [0.05, 0.1) is 6.04 Å². The highest BCUT2D eigenvalue weighted by Crippen LogP contribution is 2.14. The van der Waals surface area contributed by atoms with E-state index in [4.69, 9.17) is 0 Å². The van der Waals surface area contributed by atoms with Crippen molar-refractivity contribution in [1.82, 2.24) is 0 Å². The van der Waals surface area contributed by atoms with E-state index in [1.54, 1.807) is 0 Å². The summed E-state index contributed by atoms with van der Waals surface area (Å²) in [7, 11) is 0. The van der Waals surface area contributed by atoms with Crippen LogP contribution in [-0.4, -0.2) is 11.9 Å². The van der Waals surface area contributed by atoms with Gasteiger partial charge in [-0.1, -0.05) is 44.2 Å². The smallest absolute Gasteiger partial charge is 0.0563 e. The summed E-state index contributed by atoms with van der Waals surface area (Å²) in [6.45, 7) is 6.40. The number of hydrogen-bond acceptors (Lipinski definition) is 1. The van der Waals surface area contributed by atoms with Gasteiger partial charge in [-0.3, -0.25) is 0 Å². The maximum Gasteiger partial charge on any atom is 0.0563 e. The van der Waals surface area contributed by atoms with Crippen LogP contribution in [0.2, 0.25) is 0 Å². The van der Waals surface area contributed by atoms with Crippen molar-refractivity contribution in [3.8, 4) is 0 Å². The number of hydrogen-bond donors (Lipinski definition) is 0. The number of benzene rings is 1. The van der Waals surface area contributed by atoms with E-state index in [1.807, 2.05) is 6.07 Å². The zero-order chi connectivity index (χ0) is 11.1. The summed E-state index contributed by atoms with van der Waals surface area (Å²) in [5.41, 5.74) is 2.42. The van der Waals surface area contributed by atoms with E-state index in [-0.39, 0.29) is 0 Å². The lowest BCUT2D eigenvalue weighted by atomic mass is 10.1.